The van der Waals surface area contributed by atoms with Crippen LogP contribution in [0.4, 0.5) is 0 Å². The fraction of sp³-hybridized carbons (Fsp3) is 0.562. The van der Waals surface area contributed by atoms with Crippen LogP contribution in [-0.4, -0.2) is 48.1 Å². The van der Waals surface area contributed by atoms with E-state index < -0.39 is 0 Å². The van der Waals surface area contributed by atoms with Gasteiger partial charge in [-0.05, 0) is 25.6 Å². The van der Waals surface area contributed by atoms with E-state index in [9.17, 15) is 4.79 Å². The number of piperazine rings is 1. The second-order valence-corrected chi connectivity index (χ2v) is 5.20. The smallest absolute Gasteiger partial charge is 0.242 e. The van der Waals surface area contributed by atoms with E-state index in [0.717, 1.165) is 31.7 Å². The quantitative estimate of drug-likeness (QED) is 0.891. The van der Waals surface area contributed by atoms with Crippen LogP contribution in [0, 0.1) is 0 Å². The molecule has 0 bridgehead atoms. The first-order chi connectivity index (χ1) is 9.69. The van der Waals surface area contributed by atoms with Gasteiger partial charge in [-0.15, -0.1) is 0 Å². The van der Waals surface area contributed by atoms with Gasteiger partial charge in [0.1, 0.15) is 6.04 Å². The topological polar surface area (TPSA) is 35.6 Å². The maximum Gasteiger partial charge on any atom is 0.242 e. The monoisotopic (exact) mass is 275 g/mol. The summed E-state index contributed by atoms with van der Waals surface area (Å²) in [4.78, 5) is 17.0. The Morgan fingerprint density at radius 1 is 1.30 bits per heavy atom. The van der Waals surface area contributed by atoms with E-state index >= 15 is 0 Å². The normalized spacial score (nSPS) is 21.8. The fourth-order valence-corrected chi connectivity index (χ4v) is 3.03. The molecule has 0 radical (unpaired) electrons. The van der Waals surface area contributed by atoms with Gasteiger partial charge in [-0.25, -0.2) is 0 Å². The average molecular weight is 275 g/mol. The lowest BCUT2D eigenvalue weighted by atomic mass is 10.0. The maximum absolute atomic E-state index is 12.3. The van der Waals surface area contributed by atoms with E-state index in [1.165, 1.54) is 0 Å². The number of hydrogen-bond acceptors (Lipinski definition) is 3. The molecule has 0 aromatic heterocycles. The molecule has 1 amide bonds. The molecule has 20 heavy (non-hydrogen) atoms. The minimum Gasteiger partial charge on any atom is -0.353 e. The Balaban J connectivity index is 2.26. The van der Waals surface area contributed by atoms with Crippen LogP contribution >= 0.6 is 0 Å². The van der Waals surface area contributed by atoms with Crippen LogP contribution in [0.1, 0.15) is 32.4 Å². The van der Waals surface area contributed by atoms with Gasteiger partial charge in [-0.3, -0.25) is 14.6 Å². The lowest BCUT2D eigenvalue weighted by molar-refractivity contribution is -0.133. The third-order valence-corrected chi connectivity index (χ3v) is 4.19. The molecule has 1 heterocycles. The number of carbonyl (C=O) groups excluding carboxylic acids is 1. The predicted molar refractivity (Wildman–Crippen MR) is 81.3 cm³/mol. The van der Waals surface area contributed by atoms with E-state index in [-0.39, 0.29) is 18.1 Å². The van der Waals surface area contributed by atoms with Crippen molar-refractivity contribution in [1.82, 2.24) is 15.1 Å². The first kappa shape index (κ1) is 15.0. The van der Waals surface area contributed by atoms with Gasteiger partial charge in [-0.1, -0.05) is 44.2 Å². The summed E-state index contributed by atoms with van der Waals surface area (Å²) in [7, 11) is 0. The first-order valence-corrected chi connectivity index (χ1v) is 7.51. The molecule has 110 valence electrons. The van der Waals surface area contributed by atoms with Crippen molar-refractivity contribution in [3.05, 3.63) is 35.9 Å². The highest BCUT2D eigenvalue weighted by Crippen LogP contribution is 2.26. The number of benzene rings is 1. The molecule has 0 saturated carbocycles. The average Bonchev–Trinajstić information content (AvgIpc) is 2.49. The summed E-state index contributed by atoms with van der Waals surface area (Å²) in [5.74, 6) is 0.112. The molecule has 1 saturated heterocycles. The van der Waals surface area contributed by atoms with Crippen LogP contribution in [0.3, 0.4) is 0 Å². The number of nitrogens with zero attached hydrogens (tertiary/aromatic N) is 2. The SMILES string of the molecule is CCN(CC)C(C)N1CCNC(=O)C1c1ccccc1. The number of carbonyl (C=O) groups is 1. The highest BCUT2D eigenvalue weighted by Gasteiger charge is 2.35. The van der Waals surface area contributed by atoms with Crippen molar-refractivity contribution in [3.8, 4) is 0 Å². The van der Waals surface area contributed by atoms with Crippen LogP contribution in [0.25, 0.3) is 0 Å². The molecule has 1 fully saturated rings. The van der Waals surface area contributed by atoms with Gasteiger partial charge in [0.25, 0.3) is 0 Å². The molecule has 2 unspecified atom stereocenters. The molecule has 2 atom stereocenters. The highest BCUT2D eigenvalue weighted by atomic mass is 16.2. The van der Waals surface area contributed by atoms with E-state index in [4.69, 9.17) is 0 Å². The lowest BCUT2D eigenvalue weighted by Crippen LogP contribution is -2.57. The largest absolute Gasteiger partial charge is 0.353 e. The minimum absolute atomic E-state index is 0.112. The third kappa shape index (κ3) is 3.02. The van der Waals surface area contributed by atoms with Crippen molar-refractivity contribution in [2.75, 3.05) is 26.2 Å². The standard InChI is InChI=1S/C16H25N3O/c1-4-18(5-2)13(3)19-12-11-17-16(20)15(19)14-9-7-6-8-10-14/h6-10,13,15H,4-5,11-12H2,1-3H3,(H,17,20). The van der Waals surface area contributed by atoms with Crippen molar-refractivity contribution in [2.24, 2.45) is 0 Å². The van der Waals surface area contributed by atoms with E-state index in [0.29, 0.717) is 0 Å². The molecule has 2 rings (SSSR count). The Kier molecular flexibility index (Phi) is 5.15. The molecular weight excluding hydrogens is 250 g/mol. The second-order valence-electron chi connectivity index (χ2n) is 5.20. The van der Waals surface area contributed by atoms with Gasteiger partial charge in [0, 0.05) is 13.1 Å². The molecule has 1 aromatic carbocycles. The number of nitrogens with one attached hydrogen (secondary N) is 1. The molecule has 1 aliphatic rings. The van der Waals surface area contributed by atoms with Crippen molar-refractivity contribution in [2.45, 2.75) is 33.0 Å². The van der Waals surface area contributed by atoms with Gasteiger partial charge in [0.05, 0.1) is 6.17 Å². The molecule has 1 aromatic rings. The van der Waals surface area contributed by atoms with Crippen molar-refractivity contribution in [3.63, 3.8) is 0 Å². The van der Waals surface area contributed by atoms with Gasteiger partial charge >= 0.3 is 0 Å². The predicted octanol–water partition coefficient (Wildman–Crippen LogP) is 1.85. The molecule has 1 N–H and O–H groups in total. The Hall–Kier alpha value is -1.39. The summed E-state index contributed by atoms with van der Waals surface area (Å²) in [6, 6.07) is 9.88. The van der Waals surface area contributed by atoms with E-state index in [2.05, 4.69) is 35.9 Å². The van der Waals surface area contributed by atoms with Crippen LogP contribution < -0.4 is 5.32 Å². The van der Waals surface area contributed by atoms with Crippen molar-refractivity contribution in [1.29, 1.82) is 0 Å². The fourth-order valence-electron chi connectivity index (χ4n) is 3.03. The summed E-state index contributed by atoms with van der Waals surface area (Å²) in [5.41, 5.74) is 1.07. The zero-order valence-electron chi connectivity index (χ0n) is 12.7. The van der Waals surface area contributed by atoms with Gasteiger partial charge < -0.3 is 5.32 Å². The second kappa shape index (κ2) is 6.86. The van der Waals surface area contributed by atoms with Crippen LogP contribution in [0.2, 0.25) is 0 Å². The van der Waals surface area contributed by atoms with Crippen LogP contribution in [-0.2, 0) is 4.79 Å². The Bertz CT molecular complexity index is 431. The lowest BCUT2D eigenvalue weighted by Gasteiger charge is -2.43. The van der Waals surface area contributed by atoms with E-state index in [1.807, 2.05) is 30.3 Å². The zero-order valence-corrected chi connectivity index (χ0v) is 12.7. The highest BCUT2D eigenvalue weighted by molar-refractivity contribution is 5.83. The summed E-state index contributed by atoms with van der Waals surface area (Å²) in [5, 5.41) is 2.99. The summed E-state index contributed by atoms with van der Waals surface area (Å²) >= 11 is 0. The number of hydrogen-bond donors (Lipinski definition) is 1. The Morgan fingerprint density at radius 3 is 2.55 bits per heavy atom. The molecule has 4 nitrogen and oxygen atoms in total. The van der Waals surface area contributed by atoms with Gasteiger partial charge in [0.15, 0.2) is 0 Å². The van der Waals surface area contributed by atoms with Crippen molar-refractivity contribution < 1.29 is 4.79 Å². The van der Waals surface area contributed by atoms with Gasteiger partial charge in [-0.2, -0.15) is 0 Å². The molecule has 0 spiro atoms. The molecule has 4 heteroatoms. The molecule has 0 aliphatic carbocycles. The summed E-state index contributed by atoms with van der Waals surface area (Å²) < 4.78 is 0. The minimum atomic E-state index is -0.180. The van der Waals surface area contributed by atoms with Crippen molar-refractivity contribution >= 4 is 5.91 Å². The Labute approximate surface area is 121 Å². The first-order valence-electron chi connectivity index (χ1n) is 7.51. The van der Waals surface area contributed by atoms with E-state index in [1.54, 1.807) is 0 Å². The molecular formula is C16H25N3O. The summed E-state index contributed by atoms with van der Waals surface area (Å²) in [6.07, 6.45) is 0.265. The number of amides is 1. The van der Waals surface area contributed by atoms with Crippen LogP contribution in [0.5, 0.6) is 0 Å². The zero-order chi connectivity index (χ0) is 14.5. The Morgan fingerprint density at radius 2 is 1.95 bits per heavy atom. The van der Waals surface area contributed by atoms with Gasteiger partial charge in [0.2, 0.25) is 5.91 Å². The van der Waals surface area contributed by atoms with Crippen LogP contribution in [0.15, 0.2) is 30.3 Å². The third-order valence-electron chi connectivity index (χ3n) is 4.19. The molecule has 1 aliphatic heterocycles. The maximum atomic E-state index is 12.3. The number of rotatable bonds is 5. The summed E-state index contributed by atoms with van der Waals surface area (Å²) in [6.45, 7) is 10.1.